The first-order valence-corrected chi connectivity index (χ1v) is 5.13. The van der Waals surface area contributed by atoms with Crippen LogP contribution >= 0.6 is 11.6 Å². The van der Waals surface area contributed by atoms with Crippen molar-refractivity contribution >= 4 is 33.5 Å². The molecule has 0 aliphatic heterocycles. The van der Waals surface area contributed by atoms with Gasteiger partial charge in [-0.25, -0.2) is 0 Å². The lowest BCUT2D eigenvalue weighted by molar-refractivity contribution is 0.452. The smallest absolute Gasteiger partial charge is 0.261 e. The predicted molar refractivity (Wildman–Crippen MR) is 61.9 cm³/mol. The molecule has 0 amide bonds. The Kier molecular flexibility index (Phi) is 1.82. The number of aromatic nitrogens is 2. The molecule has 0 fully saturated rings. The van der Waals surface area contributed by atoms with Crippen LogP contribution in [0.2, 0.25) is 5.02 Å². The van der Waals surface area contributed by atoms with E-state index < -0.39 is 0 Å². The number of nitrogens with one attached hydrogen (secondary N) is 1. The zero-order valence-electron chi connectivity index (χ0n) is 8.37. The molecule has 2 aromatic heterocycles. The summed E-state index contributed by atoms with van der Waals surface area (Å²) in [6, 6.07) is 5.30. The first-order chi connectivity index (χ1) is 7.68. The average molecular weight is 235 g/mol. The van der Waals surface area contributed by atoms with Crippen LogP contribution < -0.4 is 5.56 Å². The van der Waals surface area contributed by atoms with Crippen LogP contribution in [-0.2, 0) is 0 Å². The van der Waals surface area contributed by atoms with Gasteiger partial charge in [0.15, 0.2) is 5.58 Å². The summed E-state index contributed by atoms with van der Waals surface area (Å²) in [5, 5.41) is 5.48. The van der Waals surface area contributed by atoms with E-state index in [-0.39, 0.29) is 5.56 Å². The van der Waals surface area contributed by atoms with Gasteiger partial charge in [0, 0.05) is 0 Å². The lowest BCUT2D eigenvalue weighted by atomic mass is 10.1. The highest BCUT2D eigenvalue weighted by Gasteiger charge is 2.14. The minimum Gasteiger partial charge on any atom is -0.355 e. The summed E-state index contributed by atoms with van der Waals surface area (Å²) >= 11 is 6.09. The number of halogens is 1. The van der Waals surface area contributed by atoms with Crippen molar-refractivity contribution in [2.75, 3.05) is 0 Å². The van der Waals surface area contributed by atoms with Gasteiger partial charge >= 0.3 is 0 Å². The summed E-state index contributed by atoms with van der Waals surface area (Å²) in [7, 11) is 0. The van der Waals surface area contributed by atoms with Crippen LogP contribution in [0, 0.1) is 6.92 Å². The molecule has 80 valence electrons. The minimum absolute atomic E-state index is 0.205. The Labute approximate surface area is 94.8 Å². The molecular formula is C11H7ClN2O2. The molecule has 0 saturated carbocycles. The molecular weight excluding hydrogens is 228 g/mol. The first kappa shape index (κ1) is 9.42. The van der Waals surface area contributed by atoms with Crippen LogP contribution in [0.15, 0.2) is 27.5 Å². The fraction of sp³-hybridized carbons (Fsp3) is 0.0909. The second kappa shape index (κ2) is 3.09. The normalized spacial score (nSPS) is 11.4. The Morgan fingerprint density at radius 2 is 2.19 bits per heavy atom. The van der Waals surface area contributed by atoms with Crippen LogP contribution in [0.3, 0.4) is 0 Å². The minimum atomic E-state index is -0.205. The first-order valence-electron chi connectivity index (χ1n) is 4.75. The molecule has 16 heavy (non-hydrogen) atoms. The fourth-order valence-electron chi connectivity index (χ4n) is 1.85. The number of aryl methyl sites for hydroxylation is 1. The summed E-state index contributed by atoms with van der Waals surface area (Å²) < 4.78 is 5.17. The van der Waals surface area contributed by atoms with E-state index in [9.17, 15) is 4.79 Å². The molecule has 0 unspecified atom stereocenters. The molecule has 0 radical (unpaired) electrons. The van der Waals surface area contributed by atoms with Crippen molar-refractivity contribution in [1.29, 1.82) is 0 Å². The SMILES string of the molecule is Cc1noc2c1c(=O)[nH]c1cccc(Cl)c12. The van der Waals surface area contributed by atoms with Gasteiger partial charge in [-0.3, -0.25) is 4.79 Å². The van der Waals surface area contributed by atoms with Gasteiger partial charge in [0.25, 0.3) is 5.56 Å². The zero-order chi connectivity index (χ0) is 11.3. The quantitative estimate of drug-likeness (QED) is 0.651. The molecule has 5 heteroatoms. The van der Waals surface area contributed by atoms with Crippen molar-refractivity contribution in [3.8, 4) is 0 Å². The maximum atomic E-state index is 11.8. The van der Waals surface area contributed by atoms with E-state index in [1.165, 1.54) is 0 Å². The van der Waals surface area contributed by atoms with Crippen molar-refractivity contribution in [2.45, 2.75) is 6.92 Å². The van der Waals surface area contributed by atoms with E-state index in [2.05, 4.69) is 10.1 Å². The number of rotatable bonds is 0. The summed E-state index contributed by atoms with van der Waals surface area (Å²) in [6.07, 6.45) is 0. The molecule has 0 spiro atoms. The monoisotopic (exact) mass is 234 g/mol. The number of fused-ring (bicyclic) bond motifs is 3. The second-order valence-electron chi connectivity index (χ2n) is 3.59. The number of aromatic amines is 1. The van der Waals surface area contributed by atoms with Gasteiger partial charge in [0.1, 0.15) is 5.39 Å². The molecule has 0 aliphatic carbocycles. The Morgan fingerprint density at radius 1 is 1.38 bits per heavy atom. The summed E-state index contributed by atoms with van der Waals surface area (Å²) in [4.78, 5) is 14.5. The lowest BCUT2D eigenvalue weighted by Gasteiger charge is -1.99. The number of H-pyrrole nitrogens is 1. The Hall–Kier alpha value is -1.81. The molecule has 4 nitrogen and oxygen atoms in total. The molecule has 1 aromatic carbocycles. The van der Waals surface area contributed by atoms with E-state index in [1.54, 1.807) is 25.1 Å². The average Bonchev–Trinajstić information content (AvgIpc) is 2.61. The van der Waals surface area contributed by atoms with Gasteiger partial charge in [-0.2, -0.15) is 0 Å². The number of hydrogen-bond acceptors (Lipinski definition) is 3. The number of hydrogen-bond donors (Lipinski definition) is 1. The third-order valence-corrected chi connectivity index (χ3v) is 2.89. The zero-order valence-corrected chi connectivity index (χ0v) is 9.13. The van der Waals surface area contributed by atoms with Crippen molar-refractivity contribution in [3.63, 3.8) is 0 Å². The van der Waals surface area contributed by atoms with Gasteiger partial charge in [-0.1, -0.05) is 22.8 Å². The van der Waals surface area contributed by atoms with E-state index in [1.807, 2.05) is 0 Å². The van der Waals surface area contributed by atoms with Gasteiger partial charge in [0.2, 0.25) is 0 Å². The second-order valence-corrected chi connectivity index (χ2v) is 4.00. The highest BCUT2D eigenvalue weighted by molar-refractivity contribution is 6.37. The van der Waals surface area contributed by atoms with E-state index in [0.29, 0.717) is 32.6 Å². The van der Waals surface area contributed by atoms with Crippen molar-refractivity contribution in [1.82, 2.24) is 10.1 Å². The topological polar surface area (TPSA) is 58.9 Å². The van der Waals surface area contributed by atoms with Crippen LogP contribution in [0.25, 0.3) is 21.9 Å². The van der Waals surface area contributed by atoms with E-state index in [0.717, 1.165) is 0 Å². The maximum Gasteiger partial charge on any atom is 0.261 e. The fourth-order valence-corrected chi connectivity index (χ4v) is 2.11. The van der Waals surface area contributed by atoms with E-state index >= 15 is 0 Å². The van der Waals surface area contributed by atoms with Crippen LogP contribution in [0.1, 0.15) is 5.69 Å². The van der Waals surface area contributed by atoms with Crippen molar-refractivity contribution in [3.05, 3.63) is 39.3 Å². The van der Waals surface area contributed by atoms with E-state index in [4.69, 9.17) is 16.1 Å². The highest BCUT2D eigenvalue weighted by Crippen LogP contribution is 2.28. The molecule has 3 rings (SSSR count). The molecule has 0 aliphatic rings. The van der Waals surface area contributed by atoms with Gasteiger partial charge < -0.3 is 9.51 Å². The van der Waals surface area contributed by atoms with Crippen molar-refractivity contribution < 1.29 is 4.52 Å². The number of benzene rings is 1. The molecule has 0 saturated heterocycles. The van der Waals surface area contributed by atoms with Gasteiger partial charge in [0.05, 0.1) is 21.6 Å². The molecule has 3 aromatic rings. The predicted octanol–water partition coefficient (Wildman–Crippen LogP) is 2.63. The number of nitrogens with zero attached hydrogens (tertiary/aromatic N) is 1. The molecule has 2 heterocycles. The van der Waals surface area contributed by atoms with Crippen molar-refractivity contribution in [2.24, 2.45) is 0 Å². The summed E-state index contributed by atoms with van der Waals surface area (Å²) in [5.74, 6) is 0. The largest absolute Gasteiger partial charge is 0.355 e. The molecule has 1 N–H and O–H groups in total. The van der Waals surface area contributed by atoms with Crippen LogP contribution in [-0.4, -0.2) is 10.1 Å². The maximum absolute atomic E-state index is 11.8. The summed E-state index contributed by atoms with van der Waals surface area (Å²) in [5.41, 5.74) is 1.46. The summed E-state index contributed by atoms with van der Waals surface area (Å²) in [6.45, 7) is 1.73. The van der Waals surface area contributed by atoms with Crippen LogP contribution in [0.4, 0.5) is 0 Å². The third kappa shape index (κ3) is 1.10. The van der Waals surface area contributed by atoms with Gasteiger partial charge in [-0.05, 0) is 19.1 Å². The molecule has 0 bridgehead atoms. The Balaban J connectivity index is 2.73. The van der Waals surface area contributed by atoms with Crippen LogP contribution in [0.5, 0.6) is 0 Å². The lowest BCUT2D eigenvalue weighted by Crippen LogP contribution is -2.06. The highest BCUT2D eigenvalue weighted by atomic mass is 35.5. The Morgan fingerprint density at radius 3 is 3.00 bits per heavy atom. The number of pyridine rings is 1. The standard InChI is InChI=1S/C11H7ClN2O2/c1-5-8-10(16-14-5)9-6(12)3-2-4-7(9)13-11(8)15/h2-4H,1H3,(H,13,15). The Bertz CT molecular complexity index is 758. The molecule has 0 atom stereocenters. The van der Waals surface area contributed by atoms with Gasteiger partial charge in [-0.15, -0.1) is 0 Å². The third-order valence-electron chi connectivity index (χ3n) is 2.58.